The third kappa shape index (κ3) is 8.04. The fourth-order valence-electron chi connectivity index (χ4n) is 3.08. The quantitative estimate of drug-likeness (QED) is 0.294. The lowest BCUT2D eigenvalue weighted by atomic mass is 10.1. The molecule has 0 saturated heterocycles. The van der Waals surface area contributed by atoms with Gasteiger partial charge in [-0.1, -0.05) is 70.5 Å². The average Bonchev–Trinajstić information content (AvgIpc) is 2.85. The first-order valence-electron chi connectivity index (χ1n) is 10.8. The second-order valence-electron chi connectivity index (χ2n) is 7.29. The zero-order valence-corrected chi connectivity index (χ0v) is 20.3. The van der Waals surface area contributed by atoms with Gasteiger partial charge in [0.05, 0.1) is 12.8 Å². The molecule has 34 heavy (non-hydrogen) atoms. The molecule has 1 atom stereocenters. The largest absolute Gasteiger partial charge is 0.488 e. The van der Waals surface area contributed by atoms with Crippen molar-refractivity contribution in [2.24, 2.45) is 5.10 Å². The Morgan fingerprint density at radius 2 is 1.68 bits per heavy atom. The van der Waals surface area contributed by atoms with Crippen LogP contribution < -0.4 is 15.5 Å². The number of carbonyl (C=O) groups is 2. The minimum atomic E-state index is -0.845. The van der Waals surface area contributed by atoms with Gasteiger partial charge in [0.15, 0.2) is 0 Å². The van der Waals surface area contributed by atoms with Gasteiger partial charge in [-0.25, -0.2) is 10.2 Å². The van der Waals surface area contributed by atoms with Crippen molar-refractivity contribution in [3.05, 3.63) is 100 Å². The molecule has 0 spiro atoms. The van der Waals surface area contributed by atoms with Crippen LogP contribution in [0.15, 0.2) is 88.4 Å². The Morgan fingerprint density at radius 1 is 0.971 bits per heavy atom. The first-order chi connectivity index (χ1) is 16.5. The van der Waals surface area contributed by atoms with Crippen LogP contribution in [-0.4, -0.2) is 30.9 Å². The standard InChI is InChI=1S/C26H26BrN3O4/c1-2-33-26(32)29-23(16-19-8-4-3-5-9-19)25(31)30-28-17-21-10-6-7-11-24(21)34-18-20-12-14-22(27)15-13-20/h3-15,17,23H,2,16,18H2,1H3,(H,29,32)(H,30,31)/b28-17-/t23-/m0/s1. The van der Waals surface area contributed by atoms with Gasteiger partial charge in [-0.15, -0.1) is 0 Å². The van der Waals surface area contributed by atoms with E-state index >= 15 is 0 Å². The van der Waals surface area contributed by atoms with Gasteiger partial charge in [0, 0.05) is 16.5 Å². The van der Waals surface area contributed by atoms with Gasteiger partial charge in [0.1, 0.15) is 18.4 Å². The van der Waals surface area contributed by atoms with Crippen molar-refractivity contribution in [1.82, 2.24) is 10.7 Å². The molecule has 0 saturated carbocycles. The Kier molecular flexibility index (Phi) is 9.66. The summed E-state index contributed by atoms with van der Waals surface area (Å²) in [7, 11) is 0. The van der Waals surface area contributed by atoms with Crippen LogP contribution in [0.3, 0.4) is 0 Å². The van der Waals surface area contributed by atoms with Crippen molar-refractivity contribution in [3.8, 4) is 5.75 Å². The zero-order valence-electron chi connectivity index (χ0n) is 18.7. The summed E-state index contributed by atoms with van der Waals surface area (Å²) in [6, 6.07) is 23.8. The molecule has 0 aliphatic heterocycles. The number of rotatable bonds is 10. The van der Waals surface area contributed by atoms with E-state index in [1.165, 1.54) is 6.21 Å². The Bertz CT molecular complexity index is 1100. The number of benzene rings is 3. The number of nitrogens with zero attached hydrogens (tertiary/aromatic N) is 1. The number of halogens is 1. The lowest BCUT2D eigenvalue weighted by molar-refractivity contribution is -0.123. The molecule has 0 aliphatic carbocycles. The van der Waals surface area contributed by atoms with E-state index in [-0.39, 0.29) is 6.61 Å². The molecule has 2 N–H and O–H groups in total. The number of ether oxygens (including phenoxy) is 2. The lowest BCUT2D eigenvalue weighted by Crippen LogP contribution is -2.47. The highest BCUT2D eigenvalue weighted by Crippen LogP contribution is 2.18. The number of amides is 2. The van der Waals surface area contributed by atoms with Crippen LogP contribution in [0.1, 0.15) is 23.6 Å². The van der Waals surface area contributed by atoms with Crippen LogP contribution in [0.5, 0.6) is 5.75 Å². The number of para-hydroxylation sites is 1. The van der Waals surface area contributed by atoms with E-state index in [1.807, 2.05) is 78.9 Å². The minimum Gasteiger partial charge on any atom is -0.488 e. The van der Waals surface area contributed by atoms with E-state index in [1.54, 1.807) is 6.92 Å². The summed E-state index contributed by atoms with van der Waals surface area (Å²) in [5.74, 6) is 0.176. The molecule has 0 heterocycles. The van der Waals surface area contributed by atoms with Crippen LogP contribution >= 0.6 is 15.9 Å². The Hall–Kier alpha value is -3.65. The van der Waals surface area contributed by atoms with Gasteiger partial charge < -0.3 is 14.8 Å². The van der Waals surface area contributed by atoms with E-state index in [4.69, 9.17) is 9.47 Å². The zero-order chi connectivity index (χ0) is 24.2. The molecular formula is C26H26BrN3O4. The molecule has 8 heteroatoms. The molecule has 3 aromatic rings. The van der Waals surface area contributed by atoms with Crippen molar-refractivity contribution in [1.29, 1.82) is 0 Å². The van der Waals surface area contributed by atoms with Crippen molar-refractivity contribution in [2.75, 3.05) is 6.61 Å². The Balaban J connectivity index is 1.64. The first-order valence-corrected chi connectivity index (χ1v) is 11.6. The first kappa shape index (κ1) is 25.0. The van der Waals surface area contributed by atoms with E-state index in [9.17, 15) is 9.59 Å². The van der Waals surface area contributed by atoms with E-state index in [0.29, 0.717) is 24.3 Å². The molecule has 176 valence electrons. The molecule has 7 nitrogen and oxygen atoms in total. The molecule has 0 fully saturated rings. The normalized spacial score (nSPS) is 11.6. The number of carbonyl (C=O) groups excluding carboxylic acids is 2. The number of nitrogens with one attached hydrogen (secondary N) is 2. The summed E-state index contributed by atoms with van der Waals surface area (Å²) in [4.78, 5) is 24.7. The Labute approximate surface area is 207 Å². The van der Waals surface area contributed by atoms with Crippen molar-refractivity contribution >= 4 is 34.1 Å². The smallest absolute Gasteiger partial charge is 0.407 e. The van der Waals surface area contributed by atoms with E-state index in [2.05, 4.69) is 31.8 Å². The van der Waals surface area contributed by atoms with E-state index in [0.717, 1.165) is 15.6 Å². The highest BCUT2D eigenvalue weighted by molar-refractivity contribution is 9.10. The summed E-state index contributed by atoms with van der Waals surface area (Å²) < 4.78 is 11.9. The number of hydrogen-bond donors (Lipinski definition) is 2. The van der Waals surface area contributed by atoms with Crippen molar-refractivity contribution in [3.63, 3.8) is 0 Å². The van der Waals surface area contributed by atoms with Gasteiger partial charge >= 0.3 is 6.09 Å². The predicted octanol–water partition coefficient (Wildman–Crippen LogP) is 4.84. The predicted molar refractivity (Wildman–Crippen MR) is 135 cm³/mol. The lowest BCUT2D eigenvalue weighted by Gasteiger charge is -2.17. The molecule has 0 radical (unpaired) electrons. The minimum absolute atomic E-state index is 0.209. The molecular weight excluding hydrogens is 498 g/mol. The average molecular weight is 524 g/mol. The summed E-state index contributed by atoms with van der Waals surface area (Å²) in [5, 5.41) is 6.68. The van der Waals surface area contributed by atoms with Crippen LogP contribution in [0.2, 0.25) is 0 Å². The van der Waals surface area contributed by atoms with Crippen LogP contribution in [0.4, 0.5) is 4.79 Å². The molecule has 0 bridgehead atoms. The van der Waals surface area contributed by atoms with Crippen LogP contribution in [0.25, 0.3) is 0 Å². The van der Waals surface area contributed by atoms with Gasteiger partial charge in [-0.05, 0) is 42.3 Å². The number of hydrogen-bond acceptors (Lipinski definition) is 5. The SMILES string of the molecule is CCOC(=O)N[C@@H](Cc1ccccc1)C(=O)N/N=C\c1ccccc1OCc1ccc(Br)cc1. The second kappa shape index (κ2) is 13.2. The van der Waals surface area contributed by atoms with Gasteiger partial charge in [0.25, 0.3) is 5.91 Å². The molecule has 3 aromatic carbocycles. The summed E-state index contributed by atoms with van der Waals surface area (Å²) in [6.07, 6.45) is 1.15. The van der Waals surface area contributed by atoms with Crippen LogP contribution in [0, 0.1) is 0 Å². The highest BCUT2D eigenvalue weighted by Gasteiger charge is 2.21. The van der Waals surface area contributed by atoms with Crippen molar-refractivity contribution < 1.29 is 19.1 Å². The summed E-state index contributed by atoms with van der Waals surface area (Å²) in [6.45, 7) is 2.31. The third-order valence-corrected chi connectivity index (χ3v) is 5.30. The second-order valence-corrected chi connectivity index (χ2v) is 8.21. The summed E-state index contributed by atoms with van der Waals surface area (Å²) in [5.41, 5.74) is 5.14. The van der Waals surface area contributed by atoms with Crippen molar-refractivity contribution in [2.45, 2.75) is 26.0 Å². The maximum absolute atomic E-state index is 12.8. The van der Waals surface area contributed by atoms with Gasteiger partial charge in [-0.3, -0.25) is 4.79 Å². The van der Waals surface area contributed by atoms with Gasteiger partial charge in [0.2, 0.25) is 0 Å². The summed E-state index contributed by atoms with van der Waals surface area (Å²) >= 11 is 3.42. The molecule has 3 rings (SSSR count). The van der Waals surface area contributed by atoms with E-state index < -0.39 is 18.0 Å². The Morgan fingerprint density at radius 3 is 2.41 bits per heavy atom. The number of alkyl carbamates (subject to hydrolysis) is 1. The fourth-order valence-corrected chi connectivity index (χ4v) is 3.34. The van der Waals surface area contributed by atoms with Gasteiger partial charge in [-0.2, -0.15) is 5.10 Å². The maximum atomic E-state index is 12.8. The molecule has 2 amide bonds. The topological polar surface area (TPSA) is 89.0 Å². The molecule has 0 aromatic heterocycles. The molecule has 0 aliphatic rings. The maximum Gasteiger partial charge on any atom is 0.407 e. The number of hydrazone groups is 1. The fraction of sp³-hybridized carbons (Fsp3) is 0.192. The highest BCUT2D eigenvalue weighted by atomic mass is 79.9. The molecule has 0 unspecified atom stereocenters. The third-order valence-electron chi connectivity index (χ3n) is 4.77. The van der Waals surface area contributed by atoms with Crippen LogP contribution in [-0.2, 0) is 22.6 Å². The monoisotopic (exact) mass is 523 g/mol.